The number of piperidine rings is 1. The van der Waals surface area contributed by atoms with Crippen LogP contribution in [0.5, 0.6) is 11.8 Å². The fraction of sp³-hybridized carbons (Fsp3) is 0.333. The van der Waals surface area contributed by atoms with Crippen LogP contribution >= 0.6 is 0 Å². The topological polar surface area (TPSA) is 113 Å². The molecule has 2 aliphatic heterocycles. The summed E-state index contributed by atoms with van der Waals surface area (Å²) in [7, 11) is 1.94. The molecular formula is C39H42N6O5. The highest BCUT2D eigenvalue weighted by Crippen LogP contribution is 2.37. The third-order valence-corrected chi connectivity index (χ3v) is 9.82. The first-order valence-electron chi connectivity index (χ1n) is 17.2. The van der Waals surface area contributed by atoms with Gasteiger partial charge < -0.3 is 29.3 Å². The van der Waals surface area contributed by atoms with Crippen LogP contribution in [0.1, 0.15) is 24.5 Å². The van der Waals surface area contributed by atoms with Crippen LogP contribution in [0.15, 0.2) is 91.0 Å². The van der Waals surface area contributed by atoms with Crippen LogP contribution in [-0.2, 0) is 25.1 Å². The molecule has 3 aromatic carbocycles. The van der Waals surface area contributed by atoms with E-state index in [1.807, 2.05) is 96.3 Å². The van der Waals surface area contributed by atoms with E-state index >= 15 is 0 Å². The number of carboxylic acid groups (broad SMARTS) is 1. The van der Waals surface area contributed by atoms with E-state index in [9.17, 15) is 14.7 Å². The number of rotatable bonds is 9. The van der Waals surface area contributed by atoms with E-state index in [2.05, 4.69) is 23.1 Å². The second kappa shape index (κ2) is 14.5. The quantitative estimate of drug-likeness (QED) is 0.200. The SMILES string of the molecule is C[C@H]1CN(C(=O)O)CC[C@@H]1C(=O)N1CCN(c2ccc3c(-c4ccc(OCc5ccccc5)nc4OCc4ccccc4)nn(C)c3c2)CC1. The van der Waals surface area contributed by atoms with Crippen LogP contribution < -0.4 is 14.4 Å². The van der Waals surface area contributed by atoms with Gasteiger partial charge in [-0.3, -0.25) is 9.48 Å². The zero-order chi connectivity index (χ0) is 34.6. The summed E-state index contributed by atoms with van der Waals surface area (Å²) in [6, 6.07) is 30.2. The molecule has 2 saturated heterocycles. The number of ether oxygens (including phenoxy) is 2. The third kappa shape index (κ3) is 7.08. The molecule has 1 N–H and O–H groups in total. The van der Waals surface area contributed by atoms with Crippen LogP contribution in [0.4, 0.5) is 10.5 Å². The zero-order valence-corrected chi connectivity index (χ0v) is 28.4. The van der Waals surface area contributed by atoms with Gasteiger partial charge in [0.15, 0.2) is 0 Å². The van der Waals surface area contributed by atoms with Gasteiger partial charge in [0.2, 0.25) is 17.7 Å². The number of fused-ring (bicyclic) bond motifs is 1. The molecule has 0 aliphatic carbocycles. The smallest absolute Gasteiger partial charge is 0.407 e. The highest BCUT2D eigenvalue weighted by Gasteiger charge is 2.36. The average molecular weight is 675 g/mol. The van der Waals surface area contributed by atoms with E-state index in [1.165, 1.54) is 4.90 Å². The van der Waals surface area contributed by atoms with Gasteiger partial charge in [-0.05, 0) is 47.7 Å². The van der Waals surface area contributed by atoms with E-state index in [-0.39, 0.29) is 17.7 Å². The molecule has 50 heavy (non-hydrogen) atoms. The molecule has 5 aromatic rings. The van der Waals surface area contributed by atoms with Gasteiger partial charge >= 0.3 is 6.09 Å². The summed E-state index contributed by atoms with van der Waals surface area (Å²) < 4.78 is 14.3. The van der Waals surface area contributed by atoms with E-state index in [0.29, 0.717) is 57.6 Å². The lowest BCUT2D eigenvalue weighted by molar-refractivity contribution is -0.139. The minimum Gasteiger partial charge on any atom is -0.473 e. The van der Waals surface area contributed by atoms with E-state index in [4.69, 9.17) is 19.6 Å². The number of carbonyl (C=O) groups is 2. The molecule has 4 heterocycles. The number of anilines is 1. The molecular weight excluding hydrogens is 632 g/mol. The normalized spacial score (nSPS) is 17.9. The van der Waals surface area contributed by atoms with Gasteiger partial charge in [-0.2, -0.15) is 10.1 Å². The molecule has 0 spiro atoms. The number of aromatic nitrogens is 3. The van der Waals surface area contributed by atoms with Gasteiger partial charge in [-0.15, -0.1) is 0 Å². The molecule has 2 amide bonds. The van der Waals surface area contributed by atoms with Gasteiger partial charge in [0.1, 0.15) is 18.9 Å². The molecule has 258 valence electrons. The predicted molar refractivity (Wildman–Crippen MR) is 191 cm³/mol. The number of carbonyl (C=O) groups excluding carboxylic acids is 1. The number of likely N-dealkylation sites (tertiary alicyclic amines) is 1. The molecule has 2 fully saturated rings. The summed E-state index contributed by atoms with van der Waals surface area (Å²) in [5, 5.41) is 15.3. The maximum atomic E-state index is 13.4. The highest BCUT2D eigenvalue weighted by molar-refractivity contribution is 5.96. The molecule has 2 atom stereocenters. The summed E-state index contributed by atoms with van der Waals surface area (Å²) in [4.78, 5) is 35.3. The Kier molecular flexibility index (Phi) is 9.55. The minimum absolute atomic E-state index is 0.00398. The Morgan fingerprint density at radius 3 is 2.16 bits per heavy atom. The van der Waals surface area contributed by atoms with Crippen molar-refractivity contribution in [2.24, 2.45) is 18.9 Å². The first-order valence-corrected chi connectivity index (χ1v) is 17.2. The number of aryl methyl sites for hydroxylation is 1. The van der Waals surface area contributed by atoms with E-state index < -0.39 is 6.09 Å². The van der Waals surface area contributed by atoms with Gasteiger partial charge in [0.25, 0.3) is 0 Å². The van der Waals surface area contributed by atoms with Gasteiger partial charge in [0, 0.05) is 69.4 Å². The van der Waals surface area contributed by atoms with Gasteiger partial charge in [0.05, 0.1) is 11.1 Å². The van der Waals surface area contributed by atoms with Crippen LogP contribution in [0.2, 0.25) is 0 Å². The number of piperazine rings is 1. The van der Waals surface area contributed by atoms with Crippen molar-refractivity contribution in [1.82, 2.24) is 24.6 Å². The molecule has 0 bridgehead atoms. The Morgan fingerprint density at radius 2 is 1.50 bits per heavy atom. The number of benzene rings is 3. The van der Waals surface area contributed by atoms with Crippen molar-refractivity contribution in [2.75, 3.05) is 44.2 Å². The second-order valence-electron chi connectivity index (χ2n) is 13.1. The lowest BCUT2D eigenvalue weighted by Crippen LogP contribution is -2.53. The van der Waals surface area contributed by atoms with Crippen LogP contribution in [0, 0.1) is 11.8 Å². The maximum Gasteiger partial charge on any atom is 0.407 e. The summed E-state index contributed by atoms with van der Waals surface area (Å²) >= 11 is 0. The van der Waals surface area contributed by atoms with Crippen molar-refractivity contribution in [3.8, 4) is 23.0 Å². The standard InChI is InChI=1S/C39H42N6O5/c1-27-24-45(39(47)48)18-17-31(27)38(46)44-21-19-43(20-22-44)30-13-14-32-34(23-30)42(2)41-36(32)33-15-16-35(49-25-28-9-5-3-6-10-28)40-37(33)50-26-29-11-7-4-8-12-29/h3-16,23,27,31H,17-22,24-26H2,1-2H3,(H,47,48)/t27-,31-/m0/s1. The van der Waals surface area contributed by atoms with Crippen molar-refractivity contribution < 1.29 is 24.2 Å². The number of nitrogens with zero attached hydrogens (tertiary/aromatic N) is 6. The molecule has 2 aliphatic rings. The first-order chi connectivity index (χ1) is 24.3. The fourth-order valence-electron chi connectivity index (χ4n) is 7.00. The lowest BCUT2D eigenvalue weighted by atomic mass is 9.85. The van der Waals surface area contributed by atoms with Crippen molar-refractivity contribution in [3.63, 3.8) is 0 Å². The first kappa shape index (κ1) is 32.9. The third-order valence-electron chi connectivity index (χ3n) is 9.82. The highest BCUT2D eigenvalue weighted by atomic mass is 16.5. The van der Waals surface area contributed by atoms with Crippen molar-refractivity contribution >= 4 is 28.6 Å². The van der Waals surface area contributed by atoms with Crippen molar-refractivity contribution in [3.05, 3.63) is 102 Å². The fourth-order valence-corrected chi connectivity index (χ4v) is 7.00. The minimum atomic E-state index is -0.913. The molecule has 0 radical (unpaired) electrons. The summed E-state index contributed by atoms with van der Waals surface area (Å²) in [6.07, 6.45) is -0.339. The Bertz CT molecular complexity index is 1960. The average Bonchev–Trinajstić information content (AvgIpc) is 3.48. The number of amides is 2. The monoisotopic (exact) mass is 674 g/mol. The Hall–Kier alpha value is -5.58. The summed E-state index contributed by atoms with van der Waals surface area (Å²) in [5.74, 6) is 0.934. The number of hydrogen-bond donors (Lipinski definition) is 1. The van der Waals surface area contributed by atoms with Crippen LogP contribution in [0.3, 0.4) is 0 Å². The molecule has 7 rings (SSSR count). The Balaban J connectivity index is 1.08. The summed E-state index contributed by atoms with van der Waals surface area (Å²) in [6.45, 7) is 6.24. The lowest BCUT2D eigenvalue weighted by Gasteiger charge is -2.41. The van der Waals surface area contributed by atoms with Crippen LogP contribution in [0.25, 0.3) is 22.2 Å². The van der Waals surface area contributed by atoms with Crippen molar-refractivity contribution in [1.29, 1.82) is 0 Å². The largest absolute Gasteiger partial charge is 0.473 e. The molecule has 11 heteroatoms. The van der Waals surface area contributed by atoms with E-state index in [1.54, 1.807) is 0 Å². The molecule has 0 unspecified atom stereocenters. The zero-order valence-electron chi connectivity index (χ0n) is 28.4. The molecule has 0 saturated carbocycles. The molecule has 2 aromatic heterocycles. The van der Waals surface area contributed by atoms with Crippen molar-refractivity contribution in [2.45, 2.75) is 26.6 Å². The second-order valence-corrected chi connectivity index (χ2v) is 13.1. The van der Waals surface area contributed by atoms with Gasteiger partial charge in [-0.1, -0.05) is 67.6 Å². The maximum absolute atomic E-state index is 13.4. The van der Waals surface area contributed by atoms with Crippen LogP contribution in [-0.4, -0.2) is 80.9 Å². The predicted octanol–water partition coefficient (Wildman–Crippen LogP) is 6.08. The Morgan fingerprint density at radius 1 is 0.820 bits per heavy atom. The Labute approximate surface area is 291 Å². The summed E-state index contributed by atoms with van der Waals surface area (Å²) in [5.41, 5.74) is 5.70. The number of hydrogen-bond acceptors (Lipinski definition) is 7. The van der Waals surface area contributed by atoms with Gasteiger partial charge in [-0.25, -0.2) is 4.79 Å². The molecule has 11 nitrogen and oxygen atoms in total. The number of pyridine rings is 1. The van der Waals surface area contributed by atoms with E-state index in [0.717, 1.165) is 52.1 Å².